The monoisotopic (exact) mass is 373 g/mol. The lowest BCUT2D eigenvalue weighted by atomic mass is 10.2. The third-order valence-electron chi connectivity index (χ3n) is 3.97. The molecule has 1 N–H and O–H groups in total. The summed E-state index contributed by atoms with van der Waals surface area (Å²) in [6.45, 7) is 5.40. The van der Waals surface area contributed by atoms with Crippen molar-refractivity contribution in [2.45, 2.75) is 32.6 Å². The molecule has 0 saturated carbocycles. The number of ether oxygens (including phenoxy) is 1. The maximum absolute atomic E-state index is 12.1. The summed E-state index contributed by atoms with van der Waals surface area (Å²) in [5, 5.41) is 4.39. The summed E-state index contributed by atoms with van der Waals surface area (Å²) in [7, 11) is 0. The topological polar surface area (TPSA) is 98.1 Å². The Morgan fingerprint density at radius 1 is 1.35 bits per heavy atom. The molecule has 8 heteroatoms. The van der Waals surface area contributed by atoms with E-state index in [0.717, 1.165) is 17.0 Å². The first-order chi connectivity index (χ1) is 12.5. The Morgan fingerprint density at radius 2 is 2.12 bits per heavy atom. The lowest BCUT2D eigenvalue weighted by Gasteiger charge is -2.13. The molecule has 2 aromatic heterocycles. The fourth-order valence-corrected chi connectivity index (χ4v) is 3.48. The predicted octanol–water partition coefficient (Wildman–Crippen LogP) is 3.07. The molecule has 0 spiro atoms. The van der Waals surface area contributed by atoms with Gasteiger partial charge in [-0.2, -0.15) is 0 Å². The van der Waals surface area contributed by atoms with Crippen LogP contribution in [0, 0.1) is 13.8 Å². The minimum atomic E-state index is -0.639. The van der Waals surface area contributed by atoms with E-state index >= 15 is 0 Å². The molecule has 0 amide bonds. The van der Waals surface area contributed by atoms with Gasteiger partial charge in [-0.15, -0.1) is 11.8 Å². The molecule has 1 aromatic carbocycles. The highest BCUT2D eigenvalue weighted by atomic mass is 32.2. The fraction of sp³-hybridized carbons (Fsp3) is 0.333. The number of aryl methyl sites for hydroxylation is 2. The van der Waals surface area contributed by atoms with E-state index in [1.807, 2.05) is 13.8 Å². The van der Waals surface area contributed by atoms with Gasteiger partial charge in [-0.1, -0.05) is 17.3 Å². The van der Waals surface area contributed by atoms with E-state index in [0.29, 0.717) is 22.5 Å². The number of hydrogen-bond acceptors (Lipinski definition) is 7. The molecule has 0 bridgehead atoms. The number of aromatic nitrogens is 3. The molecule has 0 radical (unpaired) electrons. The van der Waals surface area contributed by atoms with Crippen LogP contribution in [0.4, 0.5) is 0 Å². The highest BCUT2D eigenvalue weighted by Gasteiger charge is 2.16. The molecule has 0 aliphatic heterocycles. The summed E-state index contributed by atoms with van der Waals surface area (Å²) in [5.41, 5.74) is 2.15. The van der Waals surface area contributed by atoms with Gasteiger partial charge in [0.05, 0.1) is 22.3 Å². The Morgan fingerprint density at radius 3 is 2.85 bits per heavy atom. The van der Waals surface area contributed by atoms with Crippen molar-refractivity contribution in [2.24, 2.45) is 0 Å². The summed E-state index contributed by atoms with van der Waals surface area (Å²) < 4.78 is 10.5. The van der Waals surface area contributed by atoms with Crippen LogP contribution in [0.25, 0.3) is 10.9 Å². The number of nitrogens with zero attached hydrogens (tertiary/aromatic N) is 2. The second-order valence-electron chi connectivity index (χ2n) is 5.90. The third kappa shape index (κ3) is 3.96. The number of fused-ring (bicyclic) bond motifs is 1. The number of rotatable bonds is 6. The molecule has 2 heterocycles. The zero-order chi connectivity index (χ0) is 18.7. The summed E-state index contributed by atoms with van der Waals surface area (Å²) >= 11 is 1.42. The predicted molar refractivity (Wildman–Crippen MR) is 99.0 cm³/mol. The largest absolute Gasteiger partial charge is 0.454 e. The molecule has 26 heavy (non-hydrogen) atoms. The van der Waals surface area contributed by atoms with Gasteiger partial charge in [0.2, 0.25) is 0 Å². The number of hydrogen-bond donors (Lipinski definition) is 1. The molecule has 3 rings (SSSR count). The normalized spacial score (nSPS) is 12.3. The van der Waals surface area contributed by atoms with Gasteiger partial charge < -0.3 is 14.2 Å². The average molecular weight is 373 g/mol. The molecule has 7 nitrogen and oxygen atoms in total. The lowest BCUT2D eigenvalue weighted by molar-refractivity contribution is -0.145. The quantitative estimate of drug-likeness (QED) is 0.663. The number of nitrogens with one attached hydrogen (secondary N) is 1. The van der Waals surface area contributed by atoms with Crippen LogP contribution >= 0.6 is 11.8 Å². The number of carbonyl (C=O) groups is 1. The molecular formula is C18H19N3O4S. The van der Waals surface area contributed by atoms with E-state index in [-0.39, 0.29) is 17.3 Å². The minimum Gasteiger partial charge on any atom is -0.454 e. The second-order valence-corrected chi connectivity index (χ2v) is 6.88. The van der Waals surface area contributed by atoms with E-state index < -0.39 is 6.10 Å². The van der Waals surface area contributed by atoms with Crippen LogP contribution in [0.15, 0.2) is 33.6 Å². The van der Waals surface area contributed by atoms with Crippen LogP contribution in [0.3, 0.4) is 0 Å². The highest BCUT2D eigenvalue weighted by molar-refractivity contribution is 7.99. The average Bonchev–Trinajstić information content (AvgIpc) is 2.93. The van der Waals surface area contributed by atoms with Crippen molar-refractivity contribution < 1.29 is 14.1 Å². The maximum Gasteiger partial charge on any atom is 0.316 e. The zero-order valence-electron chi connectivity index (χ0n) is 14.7. The molecule has 0 unspecified atom stereocenters. The van der Waals surface area contributed by atoms with Crippen LogP contribution in [0.1, 0.15) is 35.9 Å². The molecular weight excluding hydrogens is 354 g/mol. The number of aromatic amines is 1. The molecule has 1 atom stereocenters. The SMILES string of the molecule is Cc1noc(C)c1CSCC(=O)O[C@@H](C)c1nc2ccccc2c(=O)[nH]1. The van der Waals surface area contributed by atoms with Crippen LogP contribution in [0.5, 0.6) is 0 Å². The van der Waals surface area contributed by atoms with Crippen molar-refractivity contribution >= 4 is 28.6 Å². The molecule has 0 saturated heterocycles. The number of thioether (sulfide) groups is 1. The smallest absolute Gasteiger partial charge is 0.316 e. The van der Waals surface area contributed by atoms with Gasteiger partial charge in [0.25, 0.3) is 5.56 Å². The van der Waals surface area contributed by atoms with Gasteiger partial charge in [0, 0.05) is 11.3 Å². The van der Waals surface area contributed by atoms with Crippen molar-refractivity contribution in [3.05, 3.63) is 57.5 Å². The van der Waals surface area contributed by atoms with Crippen molar-refractivity contribution in [1.82, 2.24) is 15.1 Å². The standard InChI is InChI=1S/C18H19N3O4S/c1-10-14(11(2)25-21-10)8-26-9-16(22)24-12(3)17-19-15-7-5-4-6-13(15)18(23)20-17/h4-7,12H,8-9H2,1-3H3,(H,19,20,23)/t12-/m0/s1. The number of benzene rings is 1. The molecule has 0 aliphatic rings. The van der Waals surface area contributed by atoms with Crippen LogP contribution < -0.4 is 5.56 Å². The number of esters is 1. The van der Waals surface area contributed by atoms with E-state index in [4.69, 9.17) is 9.26 Å². The van der Waals surface area contributed by atoms with Crippen LogP contribution in [-0.4, -0.2) is 26.8 Å². The third-order valence-corrected chi connectivity index (χ3v) is 4.90. The van der Waals surface area contributed by atoms with Crippen LogP contribution in [0.2, 0.25) is 0 Å². The summed E-state index contributed by atoms with van der Waals surface area (Å²) in [6, 6.07) is 7.04. The Hall–Kier alpha value is -2.61. The van der Waals surface area contributed by atoms with Crippen LogP contribution in [-0.2, 0) is 15.3 Å². The molecule has 136 valence electrons. The number of para-hydroxylation sites is 1. The zero-order valence-corrected chi connectivity index (χ0v) is 15.6. The molecule has 0 fully saturated rings. The maximum atomic E-state index is 12.1. The highest BCUT2D eigenvalue weighted by Crippen LogP contribution is 2.20. The van der Waals surface area contributed by atoms with E-state index in [9.17, 15) is 9.59 Å². The van der Waals surface area contributed by atoms with Gasteiger partial charge in [-0.3, -0.25) is 9.59 Å². The van der Waals surface area contributed by atoms with E-state index in [1.54, 1.807) is 31.2 Å². The number of carbonyl (C=O) groups excluding carboxylic acids is 1. The van der Waals surface area contributed by atoms with Gasteiger partial charge in [0.1, 0.15) is 5.76 Å². The van der Waals surface area contributed by atoms with Gasteiger partial charge in [0.15, 0.2) is 11.9 Å². The minimum absolute atomic E-state index is 0.187. The van der Waals surface area contributed by atoms with Gasteiger partial charge >= 0.3 is 5.97 Å². The molecule has 0 aliphatic carbocycles. The van der Waals surface area contributed by atoms with Crippen molar-refractivity contribution in [1.29, 1.82) is 0 Å². The van der Waals surface area contributed by atoms with Crippen molar-refractivity contribution in [2.75, 3.05) is 5.75 Å². The first kappa shape index (κ1) is 18.2. The van der Waals surface area contributed by atoms with E-state index in [2.05, 4.69) is 15.1 Å². The second kappa shape index (κ2) is 7.74. The summed E-state index contributed by atoms with van der Waals surface area (Å²) in [6.07, 6.45) is -0.639. The first-order valence-corrected chi connectivity index (χ1v) is 9.29. The van der Waals surface area contributed by atoms with Gasteiger partial charge in [-0.05, 0) is 32.9 Å². The summed E-state index contributed by atoms with van der Waals surface area (Å²) in [5.74, 6) is 1.53. The van der Waals surface area contributed by atoms with E-state index in [1.165, 1.54) is 11.8 Å². The Balaban J connectivity index is 1.60. The number of H-pyrrole nitrogens is 1. The Bertz CT molecular complexity index is 976. The van der Waals surface area contributed by atoms with Crippen molar-refractivity contribution in [3.8, 4) is 0 Å². The first-order valence-electron chi connectivity index (χ1n) is 8.13. The van der Waals surface area contributed by atoms with Crippen molar-refractivity contribution in [3.63, 3.8) is 0 Å². The Labute approximate surface area is 154 Å². The Kier molecular flexibility index (Phi) is 5.41. The summed E-state index contributed by atoms with van der Waals surface area (Å²) in [4.78, 5) is 31.2. The van der Waals surface area contributed by atoms with Gasteiger partial charge in [-0.25, -0.2) is 4.98 Å². The molecule has 3 aromatic rings. The fourth-order valence-electron chi connectivity index (χ4n) is 2.53. The lowest BCUT2D eigenvalue weighted by Crippen LogP contribution is -2.18.